The number of carbonyl (C=O) groups is 1. The molecular weight excluding hydrogens is 364 g/mol. The van der Waals surface area contributed by atoms with E-state index in [2.05, 4.69) is 60.7 Å². The average molecular weight is 401 g/mol. The van der Waals surface area contributed by atoms with Crippen LogP contribution in [0.3, 0.4) is 0 Å². The number of allylic oxidation sites excluding steroid dienone is 1. The highest BCUT2D eigenvalue weighted by Gasteiger charge is 2.41. The Balaban J connectivity index is 1.71. The molecule has 0 aromatic heterocycles. The molecule has 1 aromatic carbocycles. The number of thioether (sulfide) groups is 1. The number of carbonyl (C=O) groups excluding carboxylic acids is 1. The summed E-state index contributed by atoms with van der Waals surface area (Å²) in [6.07, 6.45) is 11.3. The Morgan fingerprint density at radius 1 is 1.18 bits per heavy atom. The molecular formula is C24H36N2OS. The second kappa shape index (κ2) is 9.98. The summed E-state index contributed by atoms with van der Waals surface area (Å²) < 4.78 is 0. The molecule has 1 aromatic rings. The standard InChI is InChI=1S/C24H36N2OS/c1-4-19(5-2)25-23(27)21-18-24(22-11-7-6-10-20(21)22)12-15-26(16-13-24)14-8-9-17-28-3/h6-7,10-11,18-19H,4-5,8-9,12-17H2,1-3H3,(H,25,27). The number of fused-ring (bicyclic) bond motifs is 2. The molecule has 1 saturated heterocycles. The smallest absolute Gasteiger partial charge is 0.251 e. The van der Waals surface area contributed by atoms with Crippen molar-refractivity contribution in [1.82, 2.24) is 10.2 Å². The quantitative estimate of drug-likeness (QED) is 0.601. The molecule has 0 radical (unpaired) electrons. The Morgan fingerprint density at radius 2 is 1.89 bits per heavy atom. The highest BCUT2D eigenvalue weighted by atomic mass is 32.2. The maximum atomic E-state index is 13.0. The second-order valence-corrected chi connectivity index (χ2v) is 9.27. The van der Waals surface area contributed by atoms with Crippen LogP contribution in [0.2, 0.25) is 0 Å². The largest absolute Gasteiger partial charge is 0.349 e. The molecule has 1 N–H and O–H groups in total. The molecule has 2 aliphatic rings. The molecule has 3 rings (SSSR count). The van der Waals surface area contributed by atoms with Gasteiger partial charge in [-0.15, -0.1) is 0 Å². The fourth-order valence-corrected chi connectivity index (χ4v) is 5.19. The van der Waals surface area contributed by atoms with Gasteiger partial charge in [0.15, 0.2) is 0 Å². The number of benzene rings is 1. The Hall–Kier alpha value is -1.26. The molecule has 0 atom stereocenters. The van der Waals surface area contributed by atoms with Gasteiger partial charge in [0.1, 0.15) is 0 Å². The number of rotatable bonds is 9. The van der Waals surface area contributed by atoms with E-state index in [0.29, 0.717) is 0 Å². The van der Waals surface area contributed by atoms with E-state index in [-0.39, 0.29) is 17.4 Å². The van der Waals surface area contributed by atoms with E-state index in [1.54, 1.807) is 0 Å². The lowest BCUT2D eigenvalue weighted by Crippen LogP contribution is -2.41. The Labute approximate surface area is 175 Å². The summed E-state index contributed by atoms with van der Waals surface area (Å²) >= 11 is 1.94. The van der Waals surface area contributed by atoms with Crippen molar-refractivity contribution < 1.29 is 4.79 Å². The van der Waals surface area contributed by atoms with Gasteiger partial charge >= 0.3 is 0 Å². The molecule has 4 heteroatoms. The maximum absolute atomic E-state index is 13.0. The van der Waals surface area contributed by atoms with E-state index in [1.807, 2.05) is 11.8 Å². The van der Waals surface area contributed by atoms with E-state index >= 15 is 0 Å². The first-order valence-corrected chi connectivity index (χ1v) is 12.4. The van der Waals surface area contributed by atoms with Gasteiger partial charge in [-0.05, 0) is 81.3 Å². The number of hydrogen-bond donors (Lipinski definition) is 1. The summed E-state index contributed by atoms with van der Waals surface area (Å²) in [4.78, 5) is 15.7. The number of likely N-dealkylation sites (tertiary alicyclic amines) is 1. The fraction of sp³-hybridized carbons (Fsp3) is 0.625. The van der Waals surface area contributed by atoms with Crippen molar-refractivity contribution >= 4 is 23.2 Å². The van der Waals surface area contributed by atoms with Crippen LogP contribution in [0.1, 0.15) is 63.5 Å². The molecule has 1 heterocycles. The fourth-order valence-electron chi connectivity index (χ4n) is 4.70. The van der Waals surface area contributed by atoms with E-state index in [4.69, 9.17) is 0 Å². The van der Waals surface area contributed by atoms with E-state index in [1.165, 1.54) is 30.7 Å². The van der Waals surface area contributed by atoms with Crippen molar-refractivity contribution in [1.29, 1.82) is 0 Å². The summed E-state index contributed by atoms with van der Waals surface area (Å²) in [6.45, 7) is 7.75. The van der Waals surface area contributed by atoms with Crippen molar-refractivity contribution in [2.24, 2.45) is 0 Å². The molecule has 1 aliphatic carbocycles. The molecule has 1 fully saturated rings. The normalized spacial score (nSPS) is 18.4. The highest BCUT2D eigenvalue weighted by Crippen LogP contribution is 2.47. The molecule has 3 nitrogen and oxygen atoms in total. The summed E-state index contributed by atoms with van der Waals surface area (Å²) in [5, 5.41) is 3.25. The van der Waals surface area contributed by atoms with Crippen LogP contribution in [-0.4, -0.2) is 48.5 Å². The van der Waals surface area contributed by atoms with Crippen LogP contribution in [0, 0.1) is 0 Å². The first-order chi connectivity index (χ1) is 13.6. The van der Waals surface area contributed by atoms with Gasteiger partial charge in [0.2, 0.25) is 0 Å². The first-order valence-electron chi connectivity index (χ1n) is 11.0. The maximum Gasteiger partial charge on any atom is 0.251 e. The summed E-state index contributed by atoms with van der Waals surface area (Å²) in [5.74, 6) is 1.38. The minimum atomic E-state index is 0.0486. The van der Waals surface area contributed by atoms with Gasteiger partial charge in [-0.1, -0.05) is 44.2 Å². The highest BCUT2D eigenvalue weighted by molar-refractivity contribution is 7.98. The van der Waals surface area contributed by atoms with Crippen molar-refractivity contribution in [3.05, 3.63) is 41.5 Å². The van der Waals surface area contributed by atoms with Gasteiger partial charge < -0.3 is 10.2 Å². The van der Waals surface area contributed by atoms with Crippen LogP contribution in [0.25, 0.3) is 5.57 Å². The predicted octanol–water partition coefficient (Wildman–Crippen LogP) is 4.87. The minimum absolute atomic E-state index is 0.0486. The van der Waals surface area contributed by atoms with Crippen molar-refractivity contribution in [2.45, 2.75) is 63.8 Å². The number of unbranched alkanes of at least 4 members (excludes halogenated alkanes) is 1. The topological polar surface area (TPSA) is 32.3 Å². The Kier molecular flexibility index (Phi) is 7.64. The predicted molar refractivity (Wildman–Crippen MR) is 122 cm³/mol. The average Bonchev–Trinajstić information content (AvgIpc) is 3.05. The number of nitrogens with one attached hydrogen (secondary N) is 1. The summed E-state index contributed by atoms with van der Waals surface area (Å²) in [5.41, 5.74) is 3.47. The molecule has 0 saturated carbocycles. The zero-order chi connectivity index (χ0) is 20.0. The van der Waals surface area contributed by atoms with Crippen LogP contribution in [0.15, 0.2) is 30.3 Å². The zero-order valence-corrected chi connectivity index (χ0v) is 18.6. The van der Waals surface area contributed by atoms with Crippen molar-refractivity contribution in [3.8, 4) is 0 Å². The van der Waals surface area contributed by atoms with Crippen LogP contribution in [0.5, 0.6) is 0 Å². The molecule has 28 heavy (non-hydrogen) atoms. The van der Waals surface area contributed by atoms with E-state index in [0.717, 1.165) is 49.9 Å². The van der Waals surface area contributed by atoms with Crippen molar-refractivity contribution in [2.75, 3.05) is 31.6 Å². The van der Waals surface area contributed by atoms with E-state index in [9.17, 15) is 4.79 Å². The monoisotopic (exact) mass is 400 g/mol. The van der Waals surface area contributed by atoms with Crippen LogP contribution in [0.4, 0.5) is 0 Å². The third kappa shape index (κ3) is 4.65. The lowest BCUT2D eigenvalue weighted by Gasteiger charge is -2.39. The third-order valence-electron chi connectivity index (χ3n) is 6.56. The van der Waals surface area contributed by atoms with Crippen LogP contribution >= 0.6 is 11.8 Å². The van der Waals surface area contributed by atoms with Crippen LogP contribution < -0.4 is 5.32 Å². The molecule has 154 valence electrons. The third-order valence-corrected chi connectivity index (χ3v) is 7.26. The lowest BCUT2D eigenvalue weighted by atomic mass is 9.74. The van der Waals surface area contributed by atoms with E-state index < -0.39 is 0 Å². The first kappa shape index (κ1) is 21.4. The van der Waals surface area contributed by atoms with Gasteiger partial charge in [-0.25, -0.2) is 0 Å². The van der Waals surface area contributed by atoms with Crippen LogP contribution in [-0.2, 0) is 10.2 Å². The van der Waals surface area contributed by atoms with Gasteiger partial charge in [0.05, 0.1) is 0 Å². The number of piperidine rings is 1. The van der Waals surface area contributed by atoms with Gasteiger partial charge in [-0.3, -0.25) is 4.79 Å². The van der Waals surface area contributed by atoms with Crippen molar-refractivity contribution in [3.63, 3.8) is 0 Å². The molecule has 1 aliphatic heterocycles. The second-order valence-electron chi connectivity index (χ2n) is 8.29. The lowest BCUT2D eigenvalue weighted by molar-refractivity contribution is -0.116. The number of nitrogens with zero attached hydrogens (tertiary/aromatic N) is 1. The van der Waals surface area contributed by atoms with Gasteiger partial charge in [0, 0.05) is 17.0 Å². The molecule has 0 bridgehead atoms. The minimum Gasteiger partial charge on any atom is -0.349 e. The SMILES string of the molecule is CCC(CC)NC(=O)C1=CC2(CCN(CCCCSC)CC2)c2ccccc21. The summed E-state index contributed by atoms with van der Waals surface area (Å²) in [6, 6.07) is 8.84. The Bertz CT molecular complexity index is 688. The molecule has 1 spiro atoms. The molecule has 0 unspecified atom stereocenters. The molecule has 1 amide bonds. The summed E-state index contributed by atoms with van der Waals surface area (Å²) in [7, 11) is 0. The number of amides is 1. The zero-order valence-electron chi connectivity index (χ0n) is 17.8. The number of hydrogen-bond acceptors (Lipinski definition) is 3. The van der Waals surface area contributed by atoms with Gasteiger partial charge in [0.25, 0.3) is 5.91 Å². The Morgan fingerprint density at radius 3 is 2.57 bits per heavy atom. The van der Waals surface area contributed by atoms with Gasteiger partial charge in [-0.2, -0.15) is 11.8 Å².